The molecule has 0 atom stereocenters. The number of hydrogen-bond acceptors (Lipinski definition) is 1. The Kier molecular flexibility index (Phi) is 4.15. The molecule has 1 aromatic carbocycles. The highest BCUT2D eigenvalue weighted by Gasteiger charge is 1.95. The number of benzene rings is 1. The van der Waals surface area contributed by atoms with Crippen molar-refractivity contribution in [3.8, 4) is 11.8 Å². The maximum absolute atomic E-state index is 12.9. The van der Waals surface area contributed by atoms with E-state index in [9.17, 15) is 4.39 Å². The SMILES string of the molecule is CNCCC#Cc1ccc(F)c(C)c1. The van der Waals surface area contributed by atoms with Crippen LogP contribution in [-0.4, -0.2) is 13.6 Å². The van der Waals surface area contributed by atoms with Crippen LogP contribution in [0.25, 0.3) is 0 Å². The second kappa shape index (κ2) is 5.41. The molecule has 0 aliphatic heterocycles. The molecule has 1 rings (SSSR count). The monoisotopic (exact) mass is 191 g/mol. The summed E-state index contributed by atoms with van der Waals surface area (Å²) in [7, 11) is 1.89. The zero-order valence-electron chi connectivity index (χ0n) is 8.52. The van der Waals surface area contributed by atoms with E-state index in [0.717, 1.165) is 18.5 Å². The summed E-state index contributed by atoms with van der Waals surface area (Å²) < 4.78 is 12.9. The van der Waals surface area contributed by atoms with Gasteiger partial charge in [-0.2, -0.15) is 0 Å². The second-order valence-corrected chi connectivity index (χ2v) is 3.12. The van der Waals surface area contributed by atoms with E-state index < -0.39 is 0 Å². The lowest BCUT2D eigenvalue weighted by Crippen LogP contribution is -2.05. The first-order valence-corrected chi connectivity index (χ1v) is 4.63. The summed E-state index contributed by atoms with van der Waals surface area (Å²) in [4.78, 5) is 0. The van der Waals surface area contributed by atoms with Crippen molar-refractivity contribution in [1.29, 1.82) is 0 Å². The predicted octanol–water partition coefficient (Wildman–Crippen LogP) is 2.10. The highest BCUT2D eigenvalue weighted by Crippen LogP contribution is 2.07. The van der Waals surface area contributed by atoms with Gasteiger partial charge < -0.3 is 5.32 Å². The maximum Gasteiger partial charge on any atom is 0.126 e. The van der Waals surface area contributed by atoms with Gasteiger partial charge in [-0.15, -0.1) is 0 Å². The van der Waals surface area contributed by atoms with Gasteiger partial charge in [0, 0.05) is 18.5 Å². The van der Waals surface area contributed by atoms with Gasteiger partial charge in [0.2, 0.25) is 0 Å². The van der Waals surface area contributed by atoms with Crippen molar-refractivity contribution in [3.05, 3.63) is 35.1 Å². The van der Waals surface area contributed by atoms with Gasteiger partial charge in [0.25, 0.3) is 0 Å². The Balaban J connectivity index is 2.66. The lowest BCUT2D eigenvalue weighted by Gasteiger charge is -1.95. The summed E-state index contributed by atoms with van der Waals surface area (Å²) in [6.07, 6.45) is 0.812. The molecule has 0 bridgehead atoms. The Morgan fingerprint density at radius 3 is 2.86 bits per heavy atom. The van der Waals surface area contributed by atoms with E-state index in [1.165, 1.54) is 6.07 Å². The maximum atomic E-state index is 12.9. The van der Waals surface area contributed by atoms with E-state index in [0.29, 0.717) is 5.56 Å². The van der Waals surface area contributed by atoms with E-state index in [2.05, 4.69) is 17.2 Å². The molecule has 0 fully saturated rings. The van der Waals surface area contributed by atoms with Gasteiger partial charge in [-0.25, -0.2) is 4.39 Å². The van der Waals surface area contributed by atoms with Crippen molar-refractivity contribution in [3.63, 3.8) is 0 Å². The van der Waals surface area contributed by atoms with Crippen molar-refractivity contribution >= 4 is 0 Å². The van der Waals surface area contributed by atoms with Crippen LogP contribution in [0.2, 0.25) is 0 Å². The van der Waals surface area contributed by atoms with Crippen LogP contribution in [0.4, 0.5) is 4.39 Å². The quantitative estimate of drug-likeness (QED) is 0.557. The van der Waals surface area contributed by atoms with Crippen LogP contribution in [-0.2, 0) is 0 Å². The normalized spacial score (nSPS) is 9.36. The fourth-order valence-electron chi connectivity index (χ4n) is 1.07. The van der Waals surface area contributed by atoms with Gasteiger partial charge in [-0.05, 0) is 37.7 Å². The smallest absolute Gasteiger partial charge is 0.126 e. The summed E-state index contributed by atoms with van der Waals surface area (Å²) in [6.45, 7) is 2.63. The molecule has 0 radical (unpaired) electrons. The molecular weight excluding hydrogens is 177 g/mol. The standard InChI is InChI=1S/C12H14FN/c1-10-9-11(6-7-12(10)13)5-3-4-8-14-2/h6-7,9,14H,4,8H2,1-2H3. The predicted molar refractivity (Wildman–Crippen MR) is 56.6 cm³/mol. The van der Waals surface area contributed by atoms with Crippen LogP contribution in [0.5, 0.6) is 0 Å². The Bertz CT molecular complexity index is 360. The molecule has 1 nitrogen and oxygen atoms in total. The zero-order chi connectivity index (χ0) is 10.4. The lowest BCUT2D eigenvalue weighted by atomic mass is 10.1. The Morgan fingerprint density at radius 2 is 2.21 bits per heavy atom. The third-order valence-electron chi connectivity index (χ3n) is 1.89. The first kappa shape index (κ1) is 10.7. The summed E-state index contributed by atoms with van der Waals surface area (Å²) in [6, 6.07) is 4.92. The number of hydrogen-bond donors (Lipinski definition) is 1. The van der Waals surface area contributed by atoms with Crippen molar-refractivity contribution < 1.29 is 4.39 Å². The van der Waals surface area contributed by atoms with Crippen molar-refractivity contribution in [2.45, 2.75) is 13.3 Å². The van der Waals surface area contributed by atoms with Gasteiger partial charge in [0.1, 0.15) is 5.82 Å². The molecule has 1 aromatic rings. The molecule has 0 saturated carbocycles. The average Bonchev–Trinajstić information content (AvgIpc) is 2.18. The van der Waals surface area contributed by atoms with Gasteiger partial charge >= 0.3 is 0 Å². The van der Waals surface area contributed by atoms with Crippen molar-refractivity contribution in [1.82, 2.24) is 5.32 Å². The second-order valence-electron chi connectivity index (χ2n) is 3.12. The van der Waals surface area contributed by atoms with Crippen LogP contribution in [0.15, 0.2) is 18.2 Å². The lowest BCUT2D eigenvalue weighted by molar-refractivity contribution is 0.618. The molecule has 0 spiro atoms. The van der Waals surface area contributed by atoms with Gasteiger partial charge in [0.05, 0.1) is 0 Å². The van der Waals surface area contributed by atoms with Crippen molar-refractivity contribution in [2.24, 2.45) is 0 Å². The van der Waals surface area contributed by atoms with Crippen LogP contribution >= 0.6 is 0 Å². The molecule has 74 valence electrons. The van der Waals surface area contributed by atoms with E-state index in [-0.39, 0.29) is 5.82 Å². The Morgan fingerprint density at radius 1 is 1.43 bits per heavy atom. The highest BCUT2D eigenvalue weighted by molar-refractivity contribution is 5.37. The number of halogens is 1. The molecule has 0 unspecified atom stereocenters. The Hall–Kier alpha value is -1.33. The first-order chi connectivity index (χ1) is 6.74. The van der Waals surface area contributed by atoms with Crippen LogP contribution in [0.3, 0.4) is 0 Å². The van der Waals surface area contributed by atoms with E-state index in [1.54, 1.807) is 19.1 Å². The van der Waals surface area contributed by atoms with E-state index in [1.807, 2.05) is 7.05 Å². The van der Waals surface area contributed by atoms with Crippen molar-refractivity contribution in [2.75, 3.05) is 13.6 Å². The first-order valence-electron chi connectivity index (χ1n) is 4.63. The summed E-state index contributed by atoms with van der Waals surface area (Å²) in [5.41, 5.74) is 1.52. The van der Waals surface area contributed by atoms with Crippen LogP contribution in [0, 0.1) is 24.6 Å². The zero-order valence-corrected chi connectivity index (χ0v) is 8.52. The number of rotatable bonds is 2. The molecule has 0 amide bonds. The number of aryl methyl sites for hydroxylation is 1. The molecule has 0 aromatic heterocycles. The van der Waals surface area contributed by atoms with E-state index in [4.69, 9.17) is 0 Å². The minimum atomic E-state index is -0.175. The third kappa shape index (κ3) is 3.20. The third-order valence-corrected chi connectivity index (χ3v) is 1.89. The minimum Gasteiger partial charge on any atom is -0.319 e. The highest BCUT2D eigenvalue weighted by atomic mass is 19.1. The van der Waals surface area contributed by atoms with Gasteiger partial charge in [0.15, 0.2) is 0 Å². The summed E-state index contributed by atoms with van der Waals surface area (Å²) >= 11 is 0. The molecule has 0 saturated heterocycles. The Labute approximate surface area is 84.3 Å². The van der Waals surface area contributed by atoms with Crippen LogP contribution in [0.1, 0.15) is 17.5 Å². The molecular formula is C12H14FN. The molecule has 14 heavy (non-hydrogen) atoms. The minimum absolute atomic E-state index is 0.175. The molecule has 2 heteroatoms. The van der Waals surface area contributed by atoms with E-state index >= 15 is 0 Å². The molecule has 0 aliphatic rings. The molecule has 1 N–H and O–H groups in total. The fourth-order valence-corrected chi connectivity index (χ4v) is 1.07. The molecule has 0 aliphatic carbocycles. The fraction of sp³-hybridized carbons (Fsp3) is 0.333. The van der Waals surface area contributed by atoms with Crippen LogP contribution < -0.4 is 5.32 Å². The average molecular weight is 191 g/mol. The van der Waals surface area contributed by atoms with Gasteiger partial charge in [-0.1, -0.05) is 11.8 Å². The summed E-state index contributed by atoms with van der Waals surface area (Å²) in [5, 5.41) is 3.01. The topological polar surface area (TPSA) is 12.0 Å². The number of nitrogens with one attached hydrogen (secondary N) is 1. The summed E-state index contributed by atoms with van der Waals surface area (Å²) in [5.74, 6) is 5.83. The van der Waals surface area contributed by atoms with Gasteiger partial charge in [-0.3, -0.25) is 0 Å². The molecule has 0 heterocycles. The largest absolute Gasteiger partial charge is 0.319 e.